The van der Waals surface area contributed by atoms with Crippen molar-refractivity contribution in [1.82, 2.24) is 9.80 Å². The highest BCUT2D eigenvalue weighted by atomic mass is 16.2. The van der Waals surface area contributed by atoms with Gasteiger partial charge in [-0.15, -0.1) is 0 Å². The van der Waals surface area contributed by atoms with Crippen molar-refractivity contribution in [2.75, 3.05) is 37.6 Å². The molecule has 3 aromatic rings. The number of nitriles is 1. The Morgan fingerprint density at radius 1 is 0.824 bits per heavy atom. The van der Waals surface area contributed by atoms with Gasteiger partial charge in [-0.3, -0.25) is 9.69 Å². The van der Waals surface area contributed by atoms with Gasteiger partial charge in [0.25, 0.3) is 5.91 Å². The van der Waals surface area contributed by atoms with E-state index < -0.39 is 0 Å². The van der Waals surface area contributed by atoms with Gasteiger partial charge in [-0.2, -0.15) is 5.26 Å². The SMILES string of the molecule is N#Cc1ccc(CN2CCCN(C(=O)c3ccc(N4CCc5ccccc5C4)cc3)CC2)cc1. The van der Waals surface area contributed by atoms with Gasteiger partial charge in [0.1, 0.15) is 0 Å². The normalized spacial score (nSPS) is 16.4. The molecule has 1 fully saturated rings. The van der Waals surface area contributed by atoms with Gasteiger partial charge in [-0.25, -0.2) is 0 Å². The maximum absolute atomic E-state index is 13.2. The highest BCUT2D eigenvalue weighted by Gasteiger charge is 2.21. The first-order valence-electron chi connectivity index (χ1n) is 12.1. The Kier molecular flexibility index (Phi) is 6.60. The summed E-state index contributed by atoms with van der Waals surface area (Å²) >= 11 is 0. The van der Waals surface area contributed by atoms with Gasteiger partial charge in [0.15, 0.2) is 0 Å². The van der Waals surface area contributed by atoms with E-state index in [1.165, 1.54) is 22.4 Å². The molecule has 2 heterocycles. The minimum atomic E-state index is 0.121. The Morgan fingerprint density at radius 2 is 1.59 bits per heavy atom. The zero-order valence-corrected chi connectivity index (χ0v) is 19.5. The van der Waals surface area contributed by atoms with Crippen molar-refractivity contribution in [3.8, 4) is 6.07 Å². The summed E-state index contributed by atoms with van der Waals surface area (Å²) in [5.41, 5.74) is 6.67. The topological polar surface area (TPSA) is 50.6 Å². The molecular formula is C29H30N4O. The quantitative estimate of drug-likeness (QED) is 0.589. The van der Waals surface area contributed by atoms with Crippen LogP contribution in [0.4, 0.5) is 5.69 Å². The molecule has 0 bridgehead atoms. The lowest BCUT2D eigenvalue weighted by atomic mass is 9.99. The molecule has 2 aliphatic heterocycles. The van der Waals surface area contributed by atoms with Crippen molar-refractivity contribution < 1.29 is 4.79 Å². The minimum absolute atomic E-state index is 0.121. The summed E-state index contributed by atoms with van der Waals surface area (Å²) in [6.07, 6.45) is 2.02. The molecule has 0 aromatic heterocycles. The third-order valence-electron chi connectivity index (χ3n) is 6.98. The van der Waals surface area contributed by atoms with E-state index >= 15 is 0 Å². The number of hydrogen-bond acceptors (Lipinski definition) is 4. The standard InChI is InChI=1S/C29H30N4O/c30-20-23-6-8-24(9-7-23)21-31-15-3-16-32(19-18-31)29(34)26-10-12-28(13-11-26)33-17-14-25-4-1-2-5-27(25)22-33/h1-2,4-13H,3,14-19,21-22H2. The van der Waals surface area contributed by atoms with Crippen LogP contribution in [0.5, 0.6) is 0 Å². The van der Waals surface area contributed by atoms with E-state index in [2.05, 4.69) is 52.3 Å². The van der Waals surface area contributed by atoms with Gasteiger partial charge >= 0.3 is 0 Å². The lowest BCUT2D eigenvalue weighted by Crippen LogP contribution is -2.35. The molecule has 0 aliphatic carbocycles. The minimum Gasteiger partial charge on any atom is -0.367 e. The summed E-state index contributed by atoms with van der Waals surface area (Å²) in [5.74, 6) is 0.121. The fraction of sp³-hybridized carbons (Fsp3) is 0.310. The average Bonchev–Trinajstić information content (AvgIpc) is 3.14. The number of benzene rings is 3. The number of carbonyl (C=O) groups is 1. The number of rotatable bonds is 4. The smallest absolute Gasteiger partial charge is 0.253 e. The van der Waals surface area contributed by atoms with Gasteiger partial charge < -0.3 is 9.80 Å². The Labute approximate surface area is 201 Å². The second kappa shape index (κ2) is 10.1. The molecule has 0 radical (unpaired) electrons. The zero-order valence-electron chi connectivity index (χ0n) is 19.5. The highest BCUT2D eigenvalue weighted by Crippen LogP contribution is 2.25. The van der Waals surface area contributed by atoms with E-state index in [0.717, 1.165) is 64.2 Å². The molecule has 0 spiro atoms. The molecule has 5 nitrogen and oxygen atoms in total. The lowest BCUT2D eigenvalue weighted by Gasteiger charge is -2.31. The van der Waals surface area contributed by atoms with Gasteiger partial charge in [0.05, 0.1) is 11.6 Å². The molecule has 1 amide bonds. The zero-order chi connectivity index (χ0) is 23.3. The molecule has 34 heavy (non-hydrogen) atoms. The van der Waals surface area contributed by atoms with Crippen LogP contribution in [0.15, 0.2) is 72.8 Å². The largest absolute Gasteiger partial charge is 0.367 e. The van der Waals surface area contributed by atoms with Crippen LogP contribution in [0.1, 0.15) is 39.0 Å². The van der Waals surface area contributed by atoms with E-state index in [1.807, 2.05) is 41.3 Å². The Morgan fingerprint density at radius 3 is 2.35 bits per heavy atom. The number of fused-ring (bicyclic) bond motifs is 1. The van der Waals surface area contributed by atoms with Crippen LogP contribution in [0, 0.1) is 11.3 Å². The van der Waals surface area contributed by atoms with Crippen LogP contribution in [-0.2, 0) is 19.5 Å². The van der Waals surface area contributed by atoms with Crippen molar-refractivity contribution in [2.24, 2.45) is 0 Å². The molecule has 0 unspecified atom stereocenters. The van der Waals surface area contributed by atoms with Gasteiger partial charge in [0, 0.05) is 57.1 Å². The maximum atomic E-state index is 13.2. The first kappa shape index (κ1) is 22.2. The van der Waals surface area contributed by atoms with Gasteiger partial charge in [-0.1, -0.05) is 36.4 Å². The summed E-state index contributed by atoms with van der Waals surface area (Å²) in [5, 5.41) is 8.98. The number of amides is 1. The van der Waals surface area contributed by atoms with Crippen LogP contribution in [0.2, 0.25) is 0 Å². The summed E-state index contributed by atoms with van der Waals surface area (Å²) in [6, 6.07) is 26.8. The average molecular weight is 451 g/mol. The lowest BCUT2D eigenvalue weighted by molar-refractivity contribution is 0.0761. The highest BCUT2D eigenvalue weighted by molar-refractivity contribution is 5.94. The maximum Gasteiger partial charge on any atom is 0.253 e. The second-order valence-corrected chi connectivity index (χ2v) is 9.22. The number of carbonyl (C=O) groups excluding carboxylic acids is 1. The Balaban J connectivity index is 1.18. The molecule has 2 aliphatic rings. The molecule has 5 rings (SSSR count). The summed E-state index contributed by atoms with van der Waals surface area (Å²) < 4.78 is 0. The van der Waals surface area contributed by atoms with E-state index in [-0.39, 0.29) is 5.91 Å². The van der Waals surface area contributed by atoms with Crippen LogP contribution >= 0.6 is 0 Å². The first-order chi connectivity index (χ1) is 16.7. The van der Waals surface area contributed by atoms with Gasteiger partial charge in [0.2, 0.25) is 0 Å². The fourth-order valence-corrected chi connectivity index (χ4v) is 4.99. The molecule has 0 N–H and O–H groups in total. The van der Waals surface area contributed by atoms with Crippen molar-refractivity contribution >= 4 is 11.6 Å². The number of hydrogen-bond donors (Lipinski definition) is 0. The third kappa shape index (κ3) is 4.98. The van der Waals surface area contributed by atoms with E-state index in [4.69, 9.17) is 5.26 Å². The Bertz CT molecular complexity index is 1180. The van der Waals surface area contributed by atoms with Crippen molar-refractivity contribution in [3.63, 3.8) is 0 Å². The number of anilines is 1. The summed E-state index contributed by atoms with van der Waals surface area (Å²) in [4.78, 5) is 20.0. The molecule has 172 valence electrons. The monoisotopic (exact) mass is 450 g/mol. The first-order valence-corrected chi connectivity index (χ1v) is 12.1. The second-order valence-electron chi connectivity index (χ2n) is 9.22. The van der Waals surface area contributed by atoms with Crippen LogP contribution in [0.25, 0.3) is 0 Å². The number of nitrogens with zero attached hydrogens (tertiary/aromatic N) is 4. The predicted octanol–water partition coefficient (Wildman–Crippen LogP) is 4.47. The molecule has 0 saturated carbocycles. The molecule has 5 heteroatoms. The molecule has 1 saturated heterocycles. The van der Waals surface area contributed by atoms with Crippen LogP contribution in [-0.4, -0.2) is 48.4 Å². The van der Waals surface area contributed by atoms with Crippen molar-refractivity contribution in [3.05, 3.63) is 101 Å². The van der Waals surface area contributed by atoms with E-state index in [9.17, 15) is 4.79 Å². The fourth-order valence-electron chi connectivity index (χ4n) is 4.99. The van der Waals surface area contributed by atoms with Crippen LogP contribution < -0.4 is 4.90 Å². The van der Waals surface area contributed by atoms with Crippen molar-refractivity contribution in [2.45, 2.75) is 25.9 Å². The molecule has 3 aromatic carbocycles. The summed E-state index contributed by atoms with van der Waals surface area (Å²) in [6.45, 7) is 6.13. The van der Waals surface area contributed by atoms with E-state index in [1.54, 1.807) is 0 Å². The third-order valence-corrected chi connectivity index (χ3v) is 6.98. The predicted molar refractivity (Wildman–Crippen MR) is 135 cm³/mol. The molecule has 0 atom stereocenters. The summed E-state index contributed by atoms with van der Waals surface area (Å²) in [7, 11) is 0. The van der Waals surface area contributed by atoms with Gasteiger partial charge in [-0.05, 0) is 65.9 Å². The van der Waals surface area contributed by atoms with Crippen LogP contribution in [0.3, 0.4) is 0 Å². The molecular weight excluding hydrogens is 420 g/mol. The Hall–Kier alpha value is -3.62. The van der Waals surface area contributed by atoms with Crippen molar-refractivity contribution in [1.29, 1.82) is 5.26 Å². The van der Waals surface area contributed by atoms with E-state index in [0.29, 0.717) is 5.56 Å².